The highest BCUT2D eigenvalue weighted by molar-refractivity contribution is 5.92. The summed E-state index contributed by atoms with van der Waals surface area (Å²) < 4.78 is 0. The van der Waals surface area contributed by atoms with Gasteiger partial charge in [-0.15, -0.1) is 0 Å². The number of carbonyl (C=O) groups excluding carboxylic acids is 1. The fourth-order valence-corrected chi connectivity index (χ4v) is 4.09. The van der Waals surface area contributed by atoms with E-state index in [-0.39, 0.29) is 5.91 Å². The maximum atomic E-state index is 12.4. The maximum absolute atomic E-state index is 12.4. The summed E-state index contributed by atoms with van der Waals surface area (Å²) in [5, 5.41) is 3.08. The molecule has 2 aliphatic rings. The first kappa shape index (κ1) is 18.9. The van der Waals surface area contributed by atoms with Crippen LogP contribution in [0.2, 0.25) is 0 Å². The van der Waals surface area contributed by atoms with E-state index in [1.54, 1.807) is 0 Å². The first-order chi connectivity index (χ1) is 13.8. The molecule has 0 radical (unpaired) electrons. The highest BCUT2D eigenvalue weighted by atomic mass is 16.2. The molecule has 1 heterocycles. The van der Waals surface area contributed by atoms with Crippen molar-refractivity contribution in [1.29, 1.82) is 0 Å². The molecule has 0 saturated carbocycles. The van der Waals surface area contributed by atoms with Crippen LogP contribution in [0.5, 0.6) is 0 Å². The van der Waals surface area contributed by atoms with Gasteiger partial charge >= 0.3 is 0 Å². The molecule has 0 atom stereocenters. The van der Waals surface area contributed by atoms with Gasteiger partial charge in [-0.2, -0.15) is 0 Å². The number of nitrogens with zero attached hydrogens (tertiary/aromatic N) is 2. The van der Waals surface area contributed by atoms with E-state index in [1.807, 2.05) is 12.1 Å². The second-order valence-corrected chi connectivity index (χ2v) is 7.78. The van der Waals surface area contributed by atoms with Crippen molar-refractivity contribution in [1.82, 2.24) is 9.80 Å². The van der Waals surface area contributed by atoms with E-state index in [0.29, 0.717) is 6.54 Å². The number of aryl methyl sites for hydroxylation is 2. The lowest BCUT2D eigenvalue weighted by molar-refractivity contribution is -0.117. The van der Waals surface area contributed by atoms with Crippen LogP contribution in [0.4, 0.5) is 5.69 Å². The summed E-state index contributed by atoms with van der Waals surface area (Å²) in [6.45, 7) is 5.33. The van der Waals surface area contributed by atoms with Crippen LogP contribution >= 0.6 is 0 Å². The zero-order valence-electron chi connectivity index (χ0n) is 16.4. The number of amides is 1. The third kappa shape index (κ3) is 5.09. The highest BCUT2D eigenvalue weighted by Crippen LogP contribution is 2.24. The Morgan fingerprint density at radius 1 is 0.929 bits per heavy atom. The maximum Gasteiger partial charge on any atom is 0.238 e. The molecule has 1 N–H and O–H groups in total. The lowest BCUT2D eigenvalue weighted by atomic mass is 10.1. The molecule has 1 saturated heterocycles. The molecule has 2 aromatic carbocycles. The molecule has 4 nitrogen and oxygen atoms in total. The third-order valence-corrected chi connectivity index (χ3v) is 5.69. The molecule has 1 aliphatic heterocycles. The minimum atomic E-state index is 0.0929. The second-order valence-electron chi connectivity index (χ2n) is 7.78. The van der Waals surface area contributed by atoms with E-state index < -0.39 is 0 Å². The number of hydrogen-bond donors (Lipinski definition) is 1. The molecule has 1 amide bonds. The lowest BCUT2D eigenvalue weighted by Gasteiger charge is -2.33. The summed E-state index contributed by atoms with van der Waals surface area (Å²) in [5.74, 6) is 0.0929. The van der Waals surface area contributed by atoms with Gasteiger partial charge in [0.2, 0.25) is 5.91 Å². The summed E-state index contributed by atoms with van der Waals surface area (Å²) in [7, 11) is 0. The number of piperazine rings is 1. The predicted molar refractivity (Wildman–Crippen MR) is 115 cm³/mol. The predicted octanol–water partition coefficient (Wildman–Crippen LogP) is 3.44. The average molecular weight is 376 g/mol. The number of anilines is 1. The molecule has 4 rings (SSSR count). The zero-order valence-corrected chi connectivity index (χ0v) is 16.4. The van der Waals surface area contributed by atoms with Gasteiger partial charge in [0.15, 0.2) is 0 Å². The van der Waals surface area contributed by atoms with Crippen molar-refractivity contribution in [2.75, 3.05) is 44.6 Å². The molecule has 1 fully saturated rings. The summed E-state index contributed by atoms with van der Waals surface area (Å²) in [4.78, 5) is 17.1. The van der Waals surface area contributed by atoms with Crippen LogP contribution in [0, 0.1) is 0 Å². The van der Waals surface area contributed by atoms with Crippen LogP contribution in [0.15, 0.2) is 54.6 Å². The minimum Gasteiger partial charge on any atom is -0.325 e. The van der Waals surface area contributed by atoms with Gasteiger partial charge < -0.3 is 5.32 Å². The Morgan fingerprint density at radius 3 is 2.50 bits per heavy atom. The number of rotatable bonds is 6. The van der Waals surface area contributed by atoms with Crippen molar-refractivity contribution in [2.45, 2.75) is 19.3 Å². The molecular weight excluding hydrogens is 346 g/mol. The van der Waals surface area contributed by atoms with Crippen LogP contribution < -0.4 is 5.32 Å². The Hall–Kier alpha value is -2.43. The summed E-state index contributed by atoms with van der Waals surface area (Å²) in [5.41, 5.74) is 5.02. The van der Waals surface area contributed by atoms with Gasteiger partial charge in [-0.1, -0.05) is 48.6 Å². The largest absolute Gasteiger partial charge is 0.325 e. The third-order valence-electron chi connectivity index (χ3n) is 5.69. The Balaban J connectivity index is 1.19. The van der Waals surface area contributed by atoms with E-state index >= 15 is 0 Å². The van der Waals surface area contributed by atoms with Gasteiger partial charge in [0.1, 0.15) is 0 Å². The average Bonchev–Trinajstić information content (AvgIpc) is 3.18. The molecule has 1 aliphatic carbocycles. The van der Waals surface area contributed by atoms with Crippen molar-refractivity contribution in [3.8, 4) is 0 Å². The zero-order chi connectivity index (χ0) is 19.2. The van der Waals surface area contributed by atoms with Crippen LogP contribution in [-0.2, 0) is 17.6 Å². The van der Waals surface area contributed by atoms with E-state index in [4.69, 9.17) is 0 Å². The molecule has 146 valence electrons. The van der Waals surface area contributed by atoms with Gasteiger partial charge in [0.05, 0.1) is 6.54 Å². The molecule has 2 aromatic rings. The van der Waals surface area contributed by atoms with Crippen LogP contribution in [0.25, 0.3) is 6.08 Å². The summed E-state index contributed by atoms with van der Waals surface area (Å²) in [6.07, 6.45) is 7.95. The topological polar surface area (TPSA) is 35.6 Å². The number of fused-ring (bicyclic) bond motifs is 1. The van der Waals surface area contributed by atoms with Crippen LogP contribution in [0.1, 0.15) is 23.1 Å². The molecule has 0 bridgehead atoms. The molecular formula is C24H29N3O. The molecule has 0 aromatic heterocycles. The fourth-order valence-electron chi connectivity index (χ4n) is 4.09. The number of hydrogen-bond acceptors (Lipinski definition) is 3. The van der Waals surface area contributed by atoms with Crippen molar-refractivity contribution < 1.29 is 4.79 Å². The molecule has 0 unspecified atom stereocenters. The van der Waals surface area contributed by atoms with Crippen molar-refractivity contribution in [3.63, 3.8) is 0 Å². The number of carbonyl (C=O) groups is 1. The lowest BCUT2D eigenvalue weighted by Crippen LogP contribution is -2.48. The first-order valence-electron chi connectivity index (χ1n) is 10.3. The summed E-state index contributed by atoms with van der Waals surface area (Å²) in [6, 6.07) is 16.8. The van der Waals surface area contributed by atoms with Crippen molar-refractivity contribution in [2.24, 2.45) is 0 Å². The van der Waals surface area contributed by atoms with Gasteiger partial charge in [-0.3, -0.25) is 14.6 Å². The van der Waals surface area contributed by atoms with Crippen molar-refractivity contribution >= 4 is 17.7 Å². The van der Waals surface area contributed by atoms with E-state index in [1.165, 1.54) is 29.5 Å². The Morgan fingerprint density at radius 2 is 1.68 bits per heavy atom. The quantitative estimate of drug-likeness (QED) is 0.840. The van der Waals surface area contributed by atoms with Gasteiger partial charge in [-0.05, 0) is 48.1 Å². The second kappa shape index (κ2) is 9.18. The first-order valence-corrected chi connectivity index (χ1v) is 10.3. The number of nitrogens with one attached hydrogen (secondary N) is 1. The van der Waals surface area contributed by atoms with E-state index in [2.05, 4.69) is 63.7 Å². The van der Waals surface area contributed by atoms with Crippen LogP contribution in [0.3, 0.4) is 0 Å². The standard InChI is InChI=1S/C24H29N3O/c28-24(25-23-12-11-21-9-4-10-22(21)18-23)19-27-16-14-26(15-17-27)13-5-8-20-6-2-1-3-7-20/h1-3,5-8,11-12,18H,4,9-10,13-17,19H2,(H,25,28)/b8-5+. The summed E-state index contributed by atoms with van der Waals surface area (Å²) >= 11 is 0. The monoisotopic (exact) mass is 375 g/mol. The Bertz CT molecular complexity index is 823. The highest BCUT2D eigenvalue weighted by Gasteiger charge is 2.18. The SMILES string of the molecule is O=C(CN1CCN(C/C=C/c2ccccc2)CC1)Nc1ccc2c(c1)CCC2. The van der Waals surface area contributed by atoms with E-state index in [9.17, 15) is 4.79 Å². The van der Waals surface area contributed by atoms with E-state index in [0.717, 1.165) is 44.8 Å². The smallest absolute Gasteiger partial charge is 0.238 e. The molecule has 4 heteroatoms. The normalized spacial score (nSPS) is 17.7. The van der Waals surface area contributed by atoms with Crippen molar-refractivity contribution in [3.05, 3.63) is 71.3 Å². The van der Waals surface area contributed by atoms with Crippen LogP contribution in [-0.4, -0.2) is 55.0 Å². The van der Waals surface area contributed by atoms with Gasteiger partial charge in [-0.25, -0.2) is 0 Å². The van der Waals surface area contributed by atoms with Gasteiger partial charge in [0.25, 0.3) is 0 Å². The molecule has 0 spiro atoms. The fraction of sp³-hybridized carbons (Fsp3) is 0.375. The minimum absolute atomic E-state index is 0.0929. The number of benzene rings is 2. The Labute approximate surface area is 167 Å². The van der Waals surface area contributed by atoms with Gasteiger partial charge in [0, 0.05) is 38.4 Å². The Kier molecular flexibility index (Phi) is 6.20. The molecule has 28 heavy (non-hydrogen) atoms.